The van der Waals surface area contributed by atoms with E-state index in [4.69, 9.17) is 15.3 Å². The van der Waals surface area contributed by atoms with Gasteiger partial charge >= 0.3 is 18.0 Å². The summed E-state index contributed by atoms with van der Waals surface area (Å²) in [7, 11) is 0. The zero-order valence-corrected chi connectivity index (χ0v) is 8.05. The first kappa shape index (κ1) is 16.9. The molecule has 0 aliphatic rings. The molecule has 108 valence electrons. The topological polar surface area (TPSA) is 104 Å². The van der Waals surface area contributed by atoms with Crippen LogP contribution in [0.4, 0.5) is 30.7 Å². The number of alkyl halides is 7. The van der Waals surface area contributed by atoms with Gasteiger partial charge in [-0.25, -0.2) is 4.39 Å². The van der Waals surface area contributed by atoms with E-state index in [9.17, 15) is 35.5 Å². The van der Waals surface area contributed by atoms with Gasteiger partial charge in [0.25, 0.3) is 11.7 Å². The largest absolute Gasteiger partial charge is 0.445 e. The minimum Gasteiger partial charge on any atom is -0.383 e. The standard InChI is InChI=1S/C6H6F7NO4/c7-3(2(14)16,5(8,9)10)1(15)4(17,18)6(11,12)13/h1,15,17-18H,(H2,14,16). The van der Waals surface area contributed by atoms with Gasteiger partial charge in [-0.1, -0.05) is 0 Å². The fraction of sp³-hybridized carbons (Fsp3) is 0.833. The molecule has 0 rings (SSSR count). The second kappa shape index (κ2) is 4.20. The second-order valence-electron chi connectivity index (χ2n) is 3.20. The summed E-state index contributed by atoms with van der Waals surface area (Å²) in [6, 6.07) is 0. The summed E-state index contributed by atoms with van der Waals surface area (Å²) in [5.74, 6) is -8.58. The molecule has 0 bridgehead atoms. The highest BCUT2D eigenvalue weighted by atomic mass is 19.4. The Morgan fingerprint density at radius 2 is 1.28 bits per heavy atom. The summed E-state index contributed by atoms with van der Waals surface area (Å²) in [6.07, 6.45) is -17.3. The van der Waals surface area contributed by atoms with Crippen LogP contribution >= 0.6 is 0 Å². The van der Waals surface area contributed by atoms with Crippen LogP contribution < -0.4 is 5.73 Å². The Labute approximate surface area is 93.6 Å². The number of nitrogens with two attached hydrogens (primary N) is 1. The molecule has 12 heteroatoms. The Hall–Kier alpha value is -1.14. The van der Waals surface area contributed by atoms with E-state index in [2.05, 4.69) is 5.73 Å². The third kappa shape index (κ3) is 2.35. The number of rotatable bonds is 3. The Morgan fingerprint density at radius 3 is 1.44 bits per heavy atom. The highest BCUT2D eigenvalue weighted by Gasteiger charge is 2.75. The van der Waals surface area contributed by atoms with Crippen LogP contribution in [0.3, 0.4) is 0 Å². The maximum atomic E-state index is 13.2. The normalized spacial score (nSPS) is 19.2. The summed E-state index contributed by atoms with van der Waals surface area (Å²) in [5.41, 5.74) is -1.77. The third-order valence-electron chi connectivity index (χ3n) is 1.95. The Morgan fingerprint density at radius 1 is 0.944 bits per heavy atom. The molecule has 2 atom stereocenters. The van der Waals surface area contributed by atoms with E-state index in [-0.39, 0.29) is 0 Å². The molecule has 0 aliphatic carbocycles. The van der Waals surface area contributed by atoms with Crippen LogP contribution in [0.2, 0.25) is 0 Å². The summed E-state index contributed by atoms with van der Waals surface area (Å²) in [4.78, 5) is 10.3. The van der Waals surface area contributed by atoms with Gasteiger partial charge in [0.1, 0.15) is 0 Å². The SMILES string of the molecule is NC(=O)C(F)(C(O)C(O)(O)C(F)(F)F)C(F)(F)F. The van der Waals surface area contributed by atoms with Crippen molar-refractivity contribution in [1.82, 2.24) is 0 Å². The molecule has 0 aromatic rings. The number of aliphatic hydroxyl groups excluding tert-OH is 1. The zero-order valence-electron chi connectivity index (χ0n) is 8.05. The molecule has 0 radical (unpaired) electrons. The lowest BCUT2D eigenvalue weighted by Crippen LogP contribution is -2.70. The second-order valence-corrected chi connectivity index (χ2v) is 3.20. The van der Waals surface area contributed by atoms with E-state index in [1.54, 1.807) is 0 Å². The van der Waals surface area contributed by atoms with Gasteiger partial charge in [-0.2, -0.15) is 26.3 Å². The maximum Gasteiger partial charge on any atom is 0.445 e. The van der Waals surface area contributed by atoms with Crippen LogP contribution in [0.15, 0.2) is 0 Å². The van der Waals surface area contributed by atoms with Gasteiger partial charge in [-0.3, -0.25) is 4.79 Å². The average Bonchev–Trinajstić information content (AvgIpc) is 2.11. The molecule has 0 aromatic carbocycles. The van der Waals surface area contributed by atoms with Crippen LogP contribution in [0, 0.1) is 0 Å². The van der Waals surface area contributed by atoms with Crippen molar-refractivity contribution in [2.24, 2.45) is 5.73 Å². The molecule has 0 aromatic heterocycles. The summed E-state index contributed by atoms with van der Waals surface area (Å²) >= 11 is 0. The first-order valence-corrected chi connectivity index (χ1v) is 3.85. The molecule has 0 aliphatic heterocycles. The summed E-state index contributed by atoms with van der Waals surface area (Å²) in [6.45, 7) is 0. The van der Waals surface area contributed by atoms with Crippen LogP contribution in [0.25, 0.3) is 0 Å². The predicted molar refractivity (Wildman–Crippen MR) is 38.3 cm³/mol. The van der Waals surface area contributed by atoms with E-state index < -0.39 is 35.8 Å². The van der Waals surface area contributed by atoms with E-state index >= 15 is 0 Å². The first-order chi connectivity index (χ1) is 7.60. The quantitative estimate of drug-likeness (QED) is 0.409. The highest BCUT2D eigenvalue weighted by molar-refractivity contribution is 5.85. The van der Waals surface area contributed by atoms with E-state index in [0.717, 1.165) is 0 Å². The molecule has 18 heavy (non-hydrogen) atoms. The summed E-state index contributed by atoms with van der Waals surface area (Å²) < 4.78 is 85.2. The minimum atomic E-state index is -6.39. The maximum absolute atomic E-state index is 13.2. The fourth-order valence-corrected chi connectivity index (χ4v) is 0.862. The zero-order chi connectivity index (χ0) is 15.2. The number of halogens is 7. The van der Waals surface area contributed by atoms with Crippen molar-refractivity contribution >= 4 is 5.91 Å². The highest BCUT2D eigenvalue weighted by Crippen LogP contribution is 2.43. The molecular formula is C6H6F7NO4. The van der Waals surface area contributed by atoms with E-state index in [1.807, 2.05) is 0 Å². The van der Waals surface area contributed by atoms with Gasteiger partial charge in [0.05, 0.1) is 0 Å². The molecule has 0 spiro atoms. The Bertz CT molecular complexity index is 338. The predicted octanol–water partition coefficient (Wildman–Crippen LogP) is -0.654. The van der Waals surface area contributed by atoms with Gasteiger partial charge in [0.2, 0.25) is 0 Å². The Kier molecular flexibility index (Phi) is 3.94. The molecule has 5 nitrogen and oxygen atoms in total. The summed E-state index contributed by atoms with van der Waals surface area (Å²) in [5, 5.41) is 25.1. The molecule has 0 heterocycles. The molecule has 0 saturated carbocycles. The first-order valence-electron chi connectivity index (χ1n) is 3.85. The molecular weight excluding hydrogens is 283 g/mol. The Balaban J connectivity index is 5.79. The number of carbonyl (C=O) groups is 1. The van der Waals surface area contributed by atoms with Crippen LogP contribution in [-0.2, 0) is 4.79 Å². The number of primary amides is 1. The smallest absolute Gasteiger partial charge is 0.383 e. The van der Waals surface area contributed by atoms with Crippen molar-refractivity contribution in [3.05, 3.63) is 0 Å². The number of hydrogen-bond donors (Lipinski definition) is 4. The van der Waals surface area contributed by atoms with Gasteiger partial charge in [-0.15, -0.1) is 0 Å². The van der Waals surface area contributed by atoms with Crippen molar-refractivity contribution in [3.63, 3.8) is 0 Å². The lowest BCUT2D eigenvalue weighted by molar-refractivity contribution is -0.402. The van der Waals surface area contributed by atoms with Crippen molar-refractivity contribution in [2.75, 3.05) is 0 Å². The molecule has 1 amide bonds. The monoisotopic (exact) mass is 289 g/mol. The lowest BCUT2D eigenvalue weighted by atomic mass is 9.90. The van der Waals surface area contributed by atoms with Crippen molar-refractivity contribution < 1.29 is 50.8 Å². The number of hydrogen-bond acceptors (Lipinski definition) is 4. The molecule has 0 fully saturated rings. The minimum absolute atomic E-state index is 3.06. The van der Waals surface area contributed by atoms with Crippen molar-refractivity contribution in [2.45, 2.75) is 29.9 Å². The van der Waals surface area contributed by atoms with Gasteiger partial charge in [-0.05, 0) is 0 Å². The van der Waals surface area contributed by atoms with Crippen LogP contribution in [-0.4, -0.2) is 51.1 Å². The third-order valence-corrected chi connectivity index (χ3v) is 1.95. The molecule has 0 saturated heterocycles. The average molecular weight is 289 g/mol. The van der Waals surface area contributed by atoms with E-state index in [0.29, 0.717) is 0 Å². The van der Waals surface area contributed by atoms with Crippen molar-refractivity contribution in [1.29, 1.82) is 0 Å². The van der Waals surface area contributed by atoms with Crippen LogP contribution in [0.5, 0.6) is 0 Å². The van der Waals surface area contributed by atoms with Gasteiger partial charge < -0.3 is 21.1 Å². The molecule has 5 N–H and O–H groups in total. The van der Waals surface area contributed by atoms with E-state index in [1.165, 1.54) is 0 Å². The molecule has 2 unspecified atom stereocenters. The fourth-order valence-electron chi connectivity index (χ4n) is 0.862. The van der Waals surface area contributed by atoms with Crippen molar-refractivity contribution in [3.8, 4) is 0 Å². The number of carbonyl (C=O) groups excluding carboxylic acids is 1. The van der Waals surface area contributed by atoms with Gasteiger partial charge in [0, 0.05) is 0 Å². The number of aliphatic hydroxyl groups is 3. The van der Waals surface area contributed by atoms with Crippen LogP contribution in [0.1, 0.15) is 0 Å². The number of amides is 1. The van der Waals surface area contributed by atoms with Gasteiger partial charge in [0.15, 0.2) is 6.10 Å². The lowest BCUT2D eigenvalue weighted by Gasteiger charge is -2.37.